The highest BCUT2D eigenvalue weighted by molar-refractivity contribution is 6.18. The number of amides is 1. The molecule has 1 amide bonds. The van der Waals surface area contributed by atoms with Crippen LogP contribution in [0.5, 0.6) is 5.75 Å². The van der Waals surface area contributed by atoms with E-state index in [-0.39, 0.29) is 12.0 Å². The Balaban J connectivity index is 2.00. The van der Waals surface area contributed by atoms with Gasteiger partial charge in [-0.05, 0) is 50.5 Å². The number of nitrogens with zero attached hydrogens (tertiary/aromatic N) is 1. The number of ether oxygens (including phenoxy) is 1. The number of likely N-dealkylation sites (tertiary alicyclic amines) is 1. The third-order valence-corrected chi connectivity index (χ3v) is 3.70. The van der Waals surface area contributed by atoms with Crippen LogP contribution < -0.4 is 4.74 Å². The van der Waals surface area contributed by atoms with Gasteiger partial charge in [0.1, 0.15) is 5.75 Å². The van der Waals surface area contributed by atoms with Gasteiger partial charge in [0, 0.05) is 24.5 Å². The molecule has 1 fully saturated rings. The maximum atomic E-state index is 12.3. The topological polar surface area (TPSA) is 29.5 Å². The van der Waals surface area contributed by atoms with Crippen LogP contribution in [0.4, 0.5) is 0 Å². The highest BCUT2D eigenvalue weighted by Gasteiger charge is 2.26. The van der Waals surface area contributed by atoms with Crippen molar-refractivity contribution < 1.29 is 9.53 Å². The lowest BCUT2D eigenvalue weighted by Crippen LogP contribution is -2.28. The quantitative estimate of drug-likeness (QED) is 0.794. The fourth-order valence-electron chi connectivity index (χ4n) is 2.27. The molecule has 2 rings (SSSR count). The molecule has 0 N–H and O–H groups in total. The second-order valence-corrected chi connectivity index (χ2v) is 5.56. The standard InChI is InChI=1S/C15H20ClNO2/c1-11(2)19-14-5-3-13(4-6-14)15(18)17-8-7-12(9-16)10-17/h3-6,11-12H,7-10H2,1-2H3. The van der Waals surface area contributed by atoms with Gasteiger partial charge in [-0.2, -0.15) is 0 Å². The van der Waals surface area contributed by atoms with Crippen LogP contribution >= 0.6 is 11.6 Å². The monoisotopic (exact) mass is 281 g/mol. The van der Waals surface area contributed by atoms with Gasteiger partial charge in [-0.15, -0.1) is 11.6 Å². The van der Waals surface area contributed by atoms with Gasteiger partial charge in [-0.3, -0.25) is 4.79 Å². The summed E-state index contributed by atoms with van der Waals surface area (Å²) in [7, 11) is 0. The zero-order chi connectivity index (χ0) is 13.8. The summed E-state index contributed by atoms with van der Waals surface area (Å²) in [5.41, 5.74) is 0.714. The van der Waals surface area contributed by atoms with Crippen molar-refractivity contribution in [1.29, 1.82) is 0 Å². The first kappa shape index (κ1) is 14.2. The average Bonchev–Trinajstić information content (AvgIpc) is 2.87. The zero-order valence-corrected chi connectivity index (χ0v) is 12.2. The molecule has 104 valence electrons. The Labute approximate surface area is 119 Å². The van der Waals surface area contributed by atoms with Crippen molar-refractivity contribution in [3.63, 3.8) is 0 Å². The van der Waals surface area contributed by atoms with Crippen LogP contribution in [0.15, 0.2) is 24.3 Å². The van der Waals surface area contributed by atoms with Gasteiger partial charge < -0.3 is 9.64 Å². The summed E-state index contributed by atoms with van der Waals surface area (Å²) < 4.78 is 5.57. The first-order chi connectivity index (χ1) is 9.10. The van der Waals surface area contributed by atoms with Crippen LogP contribution in [0.25, 0.3) is 0 Å². The summed E-state index contributed by atoms with van der Waals surface area (Å²) in [6, 6.07) is 7.35. The lowest BCUT2D eigenvalue weighted by molar-refractivity contribution is 0.0788. The van der Waals surface area contributed by atoms with Crippen molar-refractivity contribution in [1.82, 2.24) is 4.90 Å². The summed E-state index contributed by atoms with van der Waals surface area (Å²) in [6.45, 7) is 5.54. The normalized spacial score (nSPS) is 18.9. The minimum absolute atomic E-state index is 0.0868. The number of halogens is 1. The Bertz CT molecular complexity index is 430. The SMILES string of the molecule is CC(C)Oc1ccc(C(=O)N2CCC(CCl)C2)cc1. The van der Waals surface area contributed by atoms with Crippen LogP contribution in [-0.2, 0) is 0 Å². The van der Waals surface area contributed by atoms with Crippen LogP contribution in [0.1, 0.15) is 30.6 Å². The molecule has 0 spiro atoms. The highest BCUT2D eigenvalue weighted by Crippen LogP contribution is 2.21. The molecule has 1 aromatic carbocycles. The molecule has 1 atom stereocenters. The molecule has 4 heteroatoms. The van der Waals surface area contributed by atoms with Gasteiger partial charge >= 0.3 is 0 Å². The lowest BCUT2D eigenvalue weighted by atomic mass is 10.1. The summed E-state index contributed by atoms with van der Waals surface area (Å²) in [5, 5.41) is 0. The molecule has 1 aromatic rings. The van der Waals surface area contributed by atoms with Gasteiger partial charge in [0.2, 0.25) is 0 Å². The van der Waals surface area contributed by atoms with Gasteiger partial charge in [0.15, 0.2) is 0 Å². The molecule has 0 aliphatic carbocycles. The molecule has 1 unspecified atom stereocenters. The molecule has 1 heterocycles. The van der Waals surface area contributed by atoms with Gasteiger partial charge in [-0.25, -0.2) is 0 Å². The van der Waals surface area contributed by atoms with Crippen molar-refractivity contribution in [2.45, 2.75) is 26.4 Å². The van der Waals surface area contributed by atoms with Crippen LogP contribution in [0.3, 0.4) is 0 Å². The van der Waals surface area contributed by atoms with Gasteiger partial charge in [0.05, 0.1) is 6.10 Å². The van der Waals surface area contributed by atoms with Crippen molar-refractivity contribution in [3.05, 3.63) is 29.8 Å². The second kappa shape index (κ2) is 6.29. The van der Waals surface area contributed by atoms with E-state index in [0.29, 0.717) is 17.4 Å². The highest BCUT2D eigenvalue weighted by atomic mass is 35.5. The number of benzene rings is 1. The number of rotatable bonds is 4. The van der Waals surface area contributed by atoms with Crippen molar-refractivity contribution in [2.24, 2.45) is 5.92 Å². The summed E-state index contributed by atoms with van der Waals surface area (Å²) in [5.74, 6) is 1.95. The molecule has 0 radical (unpaired) electrons. The minimum atomic E-state index is 0.0868. The second-order valence-electron chi connectivity index (χ2n) is 5.25. The van der Waals surface area contributed by atoms with E-state index in [0.717, 1.165) is 25.3 Å². The van der Waals surface area contributed by atoms with E-state index >= 15 is 0 Å². The molecule has 3 nitrogen and oxygen atoms in total. The van der Waals surface area contributed by atoms with E-state index in [4.69, 9.17) is 16.3 Å². The van der Waals surface area contributed by atoms with Crippen LogP contribution in [0, 0.1) is 5.92 Å². The van der Waals surface area contributed by atoms with E-state index in [2.05, 4.69) is 0 Å². The average molecular weight is 282 g/mol. The summed E-state index contributed by atoms with van der Waals surface area (Å²) in [6.07, 6.45) is 1.15. The number of hydrogen-bond acceptors (Lipinski definition) is 2. The first-order valence-electron chi connectivity index (χ1n) is 6.72. The Morgan fingerprint density at radius 2 is 2.11 bits per heavy atom. The Morgan fingerprint density at radius 3 is 2.63 bits per heavy atom. The predicted octanol–water partition coefficient (Wildman–Crippen LogP) is 3.17. The Hall–Kier alpha value is -1.22. The van der Waals surface area contributed by atoms with Crippen molar-refractivity contribution >= 4 is 17.5 Å². The van der Waals surface area contributed by atoms with E-state index in [9.17, 15) is 4.79 Å². The molecule has 19 heavy (non-hydrogen) atoms. The Morgan fingerprint density at radius 1 is 1.42 bits per heavy atom. The van der Waals surface area contributed by atoms with Crippen molar-refractivity contribution in [3.8, 4) is 5.75 Å². The third kappa shape index (κ3) is 3.63. The largest absolute Gasteiger partial charge is 0.491 e. The van der Waals surface area contributed by atoms with E-state index in [1.54, 1.807) is 0 Å². The fraction of sp³-hybridized carbons (Fsp3) is 0.533. The van der Waals surface area contributed by atoms with E-state index < -0.39 is 0 Å². The summed E-state index contributed by atoms with van der Waals surface area (Å²) in [4.78, 5) is 14.2. The molecule has 0 bridgehead atoms. The van der Waals surface area contributed by atoms with E-state index in [1.807, 2.05) is 43.0 Å². The molecule has 0 saturated carbocycles. The molecule has 1 aliphatic rings. The Kier molecular flexibility index (Phi) is 4.70. The number of alkyl halides is 1. The fourth-order valence-corrected chi connectivity index (χ4v) is 2.53. The first-order valence-corrected chi connectivity index (χ1v) is 7.25. The smallest absolute Gasteiger partial charge is 0.253 e. The lowest BCUT2D eigenvalue weighted by Gasteiger charge is -2.16. The number of hydrogen-bond donors (Lipinski definition) is 0. The molecule has 0 aromatic heterocycles. The number of carbonyl (C=O) groups is 1. The number of carbonyl (C=O) groups excluding carboxylic acids is 1. The van der Waals surface area contributed by atoms with Crippen molar-refractivity contribution in [2.75, 3.05) is 19.0 Å². The minimum Gasteiger partial charge on any atom is -0.491 e. The molecular formula is C15H20ClNO2. The van der Waals surface area contributed by atoms with Gasteiger partial charge in [0.25, 0.3) is 5.91 Å². The predicted molar refractivity (Wildman–Crippen MR) is 76.9 cm³/mol. The van der Waals surface area contributed by atoms with Crippen LogP contribution in [-0.4, -0.2) is 35.9 Å². The zero-order valence-electron chi connectivity index (χ0n) is 11.4. The molecular weight excluding hydrogens is 262 g/mol. The summed E-state index contributed by atoms with van der Waals surface area (Å²) >= 11 is 5.84. The maximum Gasteiger partial charge on any atom is 0.253 e. The van der Waals surface area contributed by atoms with Gasteiger partial charge in [-0.1, -0.05) is 0 Å². The van der Waals surface area contributed by atoms with E-state index in [1.165, 1.54) is 0 Å². The third-order valence-electron chi connectivity index (χ3n) is 3.26. The maximum absolute atomic E-state index is 12.3. The molecule has 1 saturated heterocycles. The van der Waals surface area contributed by atoms with Crippen LogP contribution in [0.2, 0.25) is 0 Å². The molecule has 1 aliphatic heterocycles.